The van der Waals surface area contributed by atoms with Gasteiger partial charge in [-0.1, -0.05) is 6.92 Å². The first-order valence-electron chi connectivity index (χ1n) is 6.02. The molecule has 0 bridgehead atoms. The fourth-order valence-electron chi connectivity index (χ4n) is 1.62. The van der Waals surface area contributed by atoms with E-state index in [0.717, 1.165) is 19.2 Å². The van der Waals surface area contributed by atoms with Gasteiger partial charge in [0.1, 0.15) is 6.20 Å². The van der Waals surface area contributed by atoms with E-state index in [1.807, 2.05) is 30.8 Å². The molecule has 0 aliphatic heterocycles. The van der Waals surface area contributed by atoms with Crippen LogP contribution in [-0.2, 0) is 0 Å². The highest BCUT2D eigenvalue weighted by molar-refractivity contribution is 6.28. The van der Waals surface area contributed by atoms with Crippen LogP contribution in [0.15, 0.2) is 6.20 Å². The molecule has 19 heavy (non-hydrogen) atoms. The smallest absolute Gasteiger partial charge is 0.329 e. The largest absolute Gasteiger partial charge is 0.349 e. The van der Waals surface area contributed by atoms with Gasteiger partial charge in [-0.15, -0.1) is 0 Å². The molecular weight excluding hydrogens is 270 g/mol. The van der Waals surface area contributed by atoms with Crippen LogP contribution in [0, 0.1) is 10.1 Å². The van der Waals surface area contributed by atoms with Crippen molar-refractivity contribution in [3.05, 3.63) is 21.6 Å². The van der Waals surface area contributed by atoms with E-state index in [0.29, 0.717) is 13.1 Å². The van der Waals surface area contributed by atoms with Gasteiger partial charge in [-0.3, -0.25) is 10.1 Å². The van der Waals surface area contributed by atoms with Gasteiger partial charge in [0, 0.05) is 19.6 Å². The van der Waals surface area contributed by atoms with Gasteiger partial charge in [-0.25, -0.2) is 4.98 Å². The fourth-order valence-corrected chi connectivity index (χ4v) is 1.75. The first kappa shape index (κ1) is 15.6. The Labute approximate surface area is 117 Å². The summed E-state index contributed by atoms with van der Waals surface area (Å²) in [5, 5.41) is 11.0. The highest BCUT2D eigenvalue weighted by atomic mass is 35.5. The summed E-state index contributed by atoms with van der Waals surface area (Å²) >= 11 is 5.75. The van der Waals surface area contributed by atoms with Gasteiger partial charge in [0.15, 0.2) is 0 Å². The monoisotopic (exact) mass is 287 g/mol. The van der Waals surface area contributed by atoms with Crippen molar-refractivity contribution in [1.29, 1.82) is 0 Å². The lowest BCUT2D eigenvalue weighted by molar-refractivity contribution is -0.384. The van der Waals surface area contributed by atoms with Gasteiger partial charge >= 0.3 is 5.69 Å². The molecule has 0 aromatic carbocycles. The van der Waals surface area contributed by atoms with Crippen LogP contribution in [0.2, 0.25) is 5.28 Å². The van der Waals surface area contributed by atoms with Crippen LogP contribution >= 0.6 is 11.6 Å². The van der Waals surface area contributed by atoms with Crippen LogP contribution in [0.5, 0.6) is 0 Å². The number of nitrogens with zero attached hydrogens (tertiary/aromatic N) is 5. The summed E-state index contributed by atoms with van der Waals surface area (Å²) in [6.07, 6.45) is 2.02. The number of anilines is 1. The third-order valence-corrected chi connectivity index (χ3v) is 2.71. The Hall–Kier alpha value is -1.47. The Bertz CT molecular complexity index is 441. The quantitative estimate of drug-likeness (QED) is 0.432. The zero-order valence-corrected chi connectivity index (χ0v) is 12.1. The topological polar surface area (TPSA) is 75.4 Å². The molecule has 1 rings (SSSR count). The first-order chi connectivity index (χ1) is 8.95. The second kappa shape index (κ2) is 7.20. The molecule has 1 aromatic rings. The average molecular weight is 288 g/mol. The second-order valence-electron chi connectivity index (χ2n) is 4.40. The second-order valence-corrected chi connectivity index (χ2v) is 4.73. The molecule has 0 aliphatic rings. The van der Waals surface area contributed by atoms with E-state index in [1.54, 1.807) is 0 Å². The lowest BCUT2D eigenvalue weighted by atomic mass is 10.3. The summed E-state index contributed by atoms with van der Waals surface area (Å²) in [6.45, 7) is 4.12. The number of halogens is 1. The van der Waals surface area contributed by atoms with Gasteiger partial charge in [-0.2, -0.15) is 4.98 Å². The van der Waals surface area contributed by atoms with Crippen molar-refractivity contribution < 1.29 is 4.92 Å². The fraction of sp³-hybridized carbons (Fsp3) is 0.636. The van der Waals surface area contributed by atoms with Crippen molar-refractivity contribution in [3.63, 3.8) is 0 Å². The van der Waals surface area contributed by atoms with Crippen LogP contribution in [0.25, 0.3) is 0 Å². The van der Waals surface area contributed by atoms with Gasteiger partial charge in [-0.05, 0) is 32.1 Å². The molecule has 0 amide bonds. The molecular formula is C11H18ClN5O2. The molecule has 0 unspecified atom stereocenters. The molecule has 0 fully saturated rings. The van der Waals surface area contributed by atoms with Crippen LogP contribution in [0.4, 0.5) is 11.5 Å². The van der Waals surface area contributed by atoms with Gasteiger partial charge in [0.2, 0.25) is 11.1 Å². The van der Waals surface area contributed by atoms with Crippen LogP contribution in [-0.4, -0.2) is 53.5 Å². The molecule has 1 heterocycles. The maximum atomic E-state index is 11.0. The van der Waals surface area contributed by atoms with Crippen molar-refractivity contribution >= 4 is 23.1 Å². The van der Waals surface area contributed by atoms with E-state index < -0.39 is 4.92 Å². The van der Waals surface area contributed by atoms with E-state index in [-0.39, 0.29) is 16.8 Å². The van der Waals surface area contributed by atoms with Gasteiger partial charge in [0.25, 0.3) is 0 Å². The van der Waals surface area contributed by atoms with E-state index in [9.17, 15) is 10.1 Å². The average Bonchev–Trinajstić information content (AvgIpc) is 2.33. The zero-order chi connectivity index (χ0) is 14.4. The zero-order valence-electron chi connectivity index (χ0n) is 11.3. The standard InChI is InChI=1S/C11H18ClN5O2/c1-4-5-16(7-6-15(2)3)10-9(17(18)19)8-13-11(12)14-10/h8H,4-7H2,1-3H3. The Kier molecular flexibility index (Phi) is 5.91. The van der Waals surface area contributed by atoms with Crippen molar-refractivity contribution in [1.82, 2.24) is 14.9 Å². The number of likely N-dealkylation sites (N-methyl/N-ethyl adjacent to an activating group) is 1. The summed E-state index contributed by atoms with van der Waals surface area (Å²) in [7, 11) is 3.90. The number of hydrogen-bond acceptors (Lipinski definition) is 6. The molecule has 0 aliphatic carbocycles. The summed E-state index contributed by atoms with van der Waals surface area (Å²) in [6, 6.07) is 0. The van der Waals surface area contributed by atoms with Crippen LogP contribution in [0.1, 0.15) is 13.3 Å². The maximum Gasteiger partial charge on any atom is 0.329 e. The Balaban J connectivity index is 3.05. The van der Waals surface area contributed by atoms with Crippen LogP contribution < -0.4 is 4.90 Å². The molecule has 0 saturated heterocycles. The molecule has 0 N–H and O–H groups in total. The molecule has 8 heteroatoms. The first-order valence-corrected chi connectivity index (χ1v) is 6.40. The van der Waals surface area contributed by atoms with Crippen molar-refractivity contribution in [2.24, 2.45) is 0 Å². The lowest BCUT2D eigenvalue weighted by Crippen LogP contribution is -2.33. The maximum absolute atomic E-state index is 11.0. The summed E-state index contributed by atoms with van der Waals surface area (Å²) < 4.78 is 0. The highest BCUT2D eigenvalue weighted by Crippen LogP contribution is 2.26. The number of hydrogen-bond donors (Lipinski definition) is 0. The predicted octanol–water partition coefficient (Wildman–Crippen LogP) is 1.82. The molecule has 0 saturated carbocycles. The summed E-state index contributed by atoms with van der Waals surface area (Å²) in [4.78, 5) is 22.1. The predicted molar refractivity (Wildman–Crippen MR) is 74.8 cm³/mol. The summed E-state index contributed by atoms with van der Waals surface area (Å²) in [5.74, 6) is 0.286. The van der Waals surface area contributed by atoms with E-state index in [4.69, 9.17) is 11.6 Å². The molecule has 0 radical (unpaired) electrons. The Morgan fingerprint density at radius 1 is 1.37 bits per heavy atom. The third kappa shape index (κ3) is 4.60. The van der Waals surface area contributed by atoms with Crippen molar-refractivity contribution in [2.75, 3.05) is 38.6 Å². The van der Waals surface area contributed by atoms with Crippen molar-refractivity contribution in [3.8, 4) is 0 Å². The molecule has 0 atom stereocenters. The minimum absolute atomic E-state index is 0.0200. The van der Waals surface area contributed by atoms with E-state index in [1.165, 1.54) is 0 Å². The Morgan fingerprint density at radius 3 is 2.58 bits per heavy atom. The Morgan fingerprint density at radius 2 is 2.05 bits per heavy atom. The number of rotatable bonds is 7. The van der Waals surface area contributed by atoms with Crippen molar-refractivity contribution in [2.45, 2.75) is 13.3 Å². The number of nitro groups is 1. The van der Waals surface area contributed by atoms with E-state index in [2.05, 4.69) is 9.97 Å². The third-order valence-electron chi connectivity index (χ3n) is 2.53. The minimum atomic E-state index is -0.482. The van der Waals surface area contributed by atoms with Crippen LogP contribution in [0.3, 0.4) is 0 Å². The lowest BCUT2D eigenvalue weighted by Gasteiger charge is -2.24. The van der Waals surface area contributed by atoms with E-state index >= 15 is 0 Å². The highest BCUT2D eigenvalue weighted by Gasteiger charge is 2.22. The molecule has 1 aromatic heterocycles. The SMILES string of the molecule is CCCN(CCN(C)C)c1nc(Cl)ncc1[N+](=O)[O-]. The minimum Gasteiger partial charge on any atom is -0.349 e. The molecule has 7 nitrogen and oxygen atoms in total. The number of aromatic nitrogens is 2. The van der Waals surface area contributed by atoms with Gasteiger partial charge in [0.05, 0.1) is 4.92 Å². The molecule has 0 spiro atoms. The summed E-state index contributed by atoms with van der Waals surface area (Å²) in [5.41, 5.74) is -0.114. The van der Waals surface area contributed by atoms with Gasteiger partial charge < -0.3 is 9.80 Å². The normalized spacial score (nSPS) is 10.8. The molecule has 106 valence electrons.